The monoisotopic (exact) mass is 274 g/mol. The van der Waals surface area contributed by atoms with Crippen molar-refractivity contribution in [3.63, 3.8) is 0 Å². The Morgan fingerprint density at radius 3 is 2.75 bits per heavy atom. The molecule has 0 amide bonds. The lowest BCUT2D eigenvalue weighted by Gasteiger charge is -2.26. The molecular weight excluding hydrogens is 255 g/mol. The number of nitrogens with zero attached hydrogens (tertiary/aromatic N) is 2. The van der Waals surface area contributed by atoms with Gasteiger partial charge in [-0.3, -0.25) is 4.90 Å². The van der Waals surface area contributed by atoms with Crippen LogP contribution in [0.1, 0.15) is 11.4 Å². The zero-order chi connectivity index (χ0) is 13.9. The number of aromatic nitrogens is 2. The largest absolute Gasteiger partial charge is 0.342 e. The number of aromatic amines is 1. The zero-order valence-corrected chi connectivity index (χ0v) is 11.6. The number of halogens is 1. The Balaban J connectivity index is 1.82. The van der Waals surface area contributed by atoms with Gasteiger partial charge in [-0.15, -0.1) is 0 Å². The average Bonchev–Trinajstić information content (AvgIpc) is 2.81. The van der Waals surface area contributed by atoms with Crippen molar-refractivity contribution >= 4 is 0 Å². The maximum atomic E-state index is 13.8. The van der Waals surface area contributed by atoms with Crippen molar-refractivity contribution < 1.29 is 4.39 Å². The molecule has 1 saturated heterocycles. The molecule has 1 aromatic heterocycles. The summed E-state index contributed by atoms with van der Waals surface area (Å²) >= 11 is 0. The van der Waals surface area contributed by atoms with Crippen LogP contribution in [0.4, 0.5) is 4.39 Å². The molecule has 5 heteroatoms. The lowest BCUT2D eigenvalue weighted by molar-refractivity contribution is 0.230. The highest BCUT2D eigenvalue weighted by Crippen LogP contribution is 2.21. The Morgan fingerprint density at radius 1 is 1.25 bits per heavy atom. The molecule has 0 atom stereocenters. The van der Waals surface area contributed by atoms with E-state index in [1.807, 2.05) is 13.0 Å². The number of hydrogen-bond acceptors (Lipinski definition) is 3. The molecule has 1 aliphatic rings. The number of piperazine rings is 1. The van der Waals surface area contributed by atoms with E-state index in [9.17, 15) is 4.39 Å². The highest BCUT2D eigenvalue weighted by atomic mass is 19.1. The van der Waals surface area contributed by atoms with Crippen LogP contribution in [0.15, 0.2) is 24.3 Å². The van der Waals surface area contributed by atoms with E-state index in [-0.39, 0.29) is 5.82 Å². The van der Waals surface area contributed by atoms with Crippen molar-refractivity contribution in [1.29, 1.82) is 0 Å². The predicted molar refractivity (Wildman–Crippen MR) is 76.9 cm³/mol. The lowest BCUT2D eigenvalue weighted by atomic mass is 10.2. The van der Waals surface area contributed by atoms with Gasteiger partial charge in [0.2, 0.25) is 0 Å². The van der Waals surface area contributed by atoms with Gasteiger partial charge in [0.25, 0.3) is 0 Å². The zero-order valence-electron chi connectivity index (χ0n) is 11.6. The van der Waals surface area contributed by atoms with Gasteiger partial charge in [0.15, 0.2) is 0 Å². The second-order valence-corrected chi connectivity index (χ2v) is 5.16. The summed E-state index contributed by atoms with van der Waals surface area (Å²) in [5.74, 6) is 0.376. The summed E-state index contributed by atoms with van der Waals surface area (Å²) < 4.78 is 13.8. The van der Waals surface area contributed by atoms with E-state index in [1.165, 1.54) is 6.07 Å². The summed E-state index contributed by atoms with van der Waals surface area (Å²) in [5.41, 5.74) is 2.55. The van der Waals surface area contributed by atoms with Crippen LogP contribution in [0.5, 0.6) is 0 Å². The fourth-order valence-corrected chi connectivity index (χ4v) is 2.51. The van der Waals surface area contributed by atoms with Crippen molar-refractivity contribution in [3.05, 3.63) is 41.5 Å². The van der Waals surface area contributed by atoms with E-state index < -0.39 is 0 Å². The molecule has 2 N–H and O–H groups in total. The Kier molecular flexibility index (Phi) is 3.80. The van der Waals surface area contributed by atoms with Gasteiger partial charge in [-0.1, -0.05) is 12.1 Å². The van der Waals surface area contributed by atoms with Crippen LogP contribution in [0.3, 0.4) is 0 Å². The molecule has 0 radical (unpaired) electrons. The van der Waals surface area contributed by atoms with Crippen LogP contribution >= 0.6 is 0 Å². The second kappa shape index (κ2) is 5.73. The van der Waals surface area contributed by atoms with Crippen LogP contribution in [0.2, 0.25) is 0 Å². The molecule has 20 heavy (non-hydrogen) atoms. The minimum atomic E-state index is -0.241. The maximum absolute atomic E-state index is 13.8. The van der Waals surface area contributed by atoms with Gasteiger partial charge in [0, 0.05) is 38.4 Å². The molecule has 3 rings (SSSR count). The molecule has 0 aliphatic carbocycles. The van der Waals surface area contributed by atoms with Crippen molar-refractivity contribution in [3.8, 4) is 11.4 Å². The van der Waals surface area contributed by atoms with Crippen molar-refractivity contribution in [1.82, 2.24) is 20.2 Å². The number of imidazole rings is 1. The van der Waals surface area contributed by atoms with Gasteiger partial charge < -0.3 is 10.3 Å². The van der Waals surface area contributed by atoms with Gasteiger partial charge in [-0.2, -0.15) is 0 Å². The standard InChI is InChI=1S/C15H19FN4/c1-11-14(10-20-8-6-17-7-9-20)19-15(18-11)12-4-2-3-5-13(12)16/h2-5,17H,6-10H2,1H3,(H,18,19). The smallest absolute Gasteiger partial charge is 0.140 e. The number of benzene rings is 1. The second-order valence-electron chi connectivity index (χ2n) is 5.16. The predicted octanol–water partition coefficient (Wildman–Crippen LogP) is 1.93. The van der Waals surface area contributed by atoms with Crippen molar-refractivity contribution in [2.45, 2.75) is 13.5 Å². The van der Waals surface area contributed by atoms with Crippen LogP contribution in [-0.2, 0) is 6.54 Å². The average molecular weight is 274 g/mol. The fourth-order valence-electron chi connectivity index (χ4n) is 2.51. The van der Waals surface area contributed by atoms with E-state index in [0.29, 0.717) is 11.4 Å². The van der Waals surface area contributed by atoms with Crippen LogP contribution < -0.4 is 5.32 Å². The molecule has 0 unspecified atom stereocenters. The lowest BCUT2D eigenvalue weighted by Crippen LogP contribution is -2.43. The first-order valence-electron chi connectivity index (χ1n) is 6.97. The van der Waals surface area contributed by atoms with Gasteiger partial charge in [0.1, 0.15) is 11.6 Å². The van der Waals surface area contributed by atoms with Crippen LogP contribution in [-0.4, -0.2) is 41.0 Å². The number of rotatable bonds is 3. The first-order chi connectivity index (χ1) is 9.74. The summed E-state index contributed by atoms with van der Waals surface area (Å²) in [6.07, 6.45) is 0. The Bertz CT molecular complexity index is 587. The van der Waals surface area contributed by atoms with Crippen LogP contribution in [0, 0.1) is 12.7 Å². The highest BCUT2D eigenvalue weighted by molar-refractivity contribution is 5.56. The molecule has 106 valence electrons. The minimum absolute atomic E-state index is 0.241. The van der Waals surface area contributed by atoms with E-state index in [0.717, 1.165) is 44.1 Å². The third kappa shape index (κ3) is 2.73. The maximum Gasteiger partial charge on any atom is 0.140 e. The summed E-state index contributed by atoms with van der Waals surface area (Å²) in [6.45, 7) is 6.91. The highest BCUT2D eigenvalue weighted by Gasteiger charge is 2.15. The Morgan fingerprint density at radius 2 is 2.00 bits per heavy atom. The fraction of sp³-hybridized carbons (Fsp3) is 0.400. The van der Waals surface area contributed by atoms with Crippen LogP contribution in [0.25, 0.3) is 11.4 Å². The first-order valence-corrected chi connectivity index (χ1v) is 6.97. The quantitative estimate of drug-likeness (QED) is 0.899. The van der Waals surface area contributed by atoms with E-state index >= 15 is 0 Å². The number of nitrogens with one attached hydrogen (secondary N) is 2. The molecule has 1 aromatic carbocycles. The van der Waals surface area contributed by atoms with Crippen molar-refractivity contribution in [2.24, 2.45) is 0 Å². The topological polar surface area (TPSA) is 44.0 Å². The number of aryl methyl sites for hydroxylation is 1. The molecule has 1 aliphatic heterocycles. The molecular formula is C15H19FN4. The first kappa shape index (κ1) is 13.3. The summed E-state index contributed by atoms with van der Waals surface area (Å²) in [5, 5.41) is 3.33. The van der Waals surface area contributed by atoms with E-state index in [1.54, 1.807) is 12.1 Å². The summed E-state index contributed by atoms with van der Waals surface area (Å²) in [7, 11) is 0. The van der Waals surface area contributed by atoms with E-state index in [2.05, 4.69) is 20.2 Å². The summed E-state index contributed by atoms with van der Waals surface area (Å²) in [4.78, 5) is 10.1. The summed E-state index contributed by atoms with van der Waals surface area (Å²) in [6, 6.07) is 6.73. The molecule has 0 bridgehead atoms. The number of hydrogen-bond donors (Lipinski definition) is 2. The van der Waals surface area contributed by atoms with Gasteiger partial charge in [0.05, 0.1) is 11.3 Å². The molecule has 0 saturated carbocycles. The number of H-pyrrole nitrogens is 1. The molecule has 0 spiro atoms. The Labute approximate surface area is 118 Å². The molecule has 4 nitrogen and oxygen atoms in total. The third-order valence-corrected chi connectivity index (χ3v) is 3.70. The Hall–Kier alpha value is -1.72. The molecule has 1 fully saturated rings. The third-order valence-electron chi connectivity index (χ3n) is 3.70. The minimum Gasteiger partial charge on any atom is -0.342 e. The SMILES string of the molecule is Cc1[nH]c(-c2ccccc2F)nc1CN1CCNCC1. The van der Waals surface area contributed by atoms with Crippen molar-refractivity contribution in [2.75, 3.05) is 26.2 Å². The van der Waals surface area contributed by atoms with Gasteiger partial charge >= 0.3 is 0 Å². The van der Waals surface area contributed by atoms with Gasteiger partial charge in [-0.25, -0.2) is 9.37 Å². The normalized spacial score (nSPS) is 16.5. The van der Waals surface area contributed by atoms with Gasteiger partial charge in [-0.05, 0) is 19.1 Å². The molecule has 2 heterocycles. The van der Waals surface area contributed by atoms with E-state index in [4.69, 9.17) is 0 Å². The molecule has 2 aromatic rings.